The van der Waals surface area contributed by atoms with Crippen LogP contribution >= 0.6 is 24.0 Å². The number of thiocarbonyl (C=S) groups is 1. The van der Waals surface area contributed by atoms with Crippen molar-refractivity contribution in [1.82, 2.24) is 4.90 Å². The first-order valence-electron chi connectivity index (χ1n) is 8.99. The van der Waals surface area contributed by atoms with E-state index in [0.29, 0.717) is 32.8 Å². The Balaban J connectivity index is 1.71. The van der Waals surface area contributed by atoms with E-state index < -0.39 is 6.04 Å². The number of phenols is 1. The molecule has 1 unspecified atom stereocenters. The normalized spacial score (nSPS) is 16.2. The van der Waals surface area contributed by atoms with Gasteiger partial charge in [0.25, 0.3) is 5.91 Å². The highest BCUT2D eigenvalue weighted by atomic mass is 32.2. The first kappa shape index (κ1) is 20.9. The third kappa shape index (κ3) is 4.96. The minimum absolute atomic E-state index is 0.109. The van der Waals surface area contributed by atoms with Crippen LogP contribution in [0.25, 0.3) is 6.08 Å². The fraction of sp³-hybridized carbons (Fsp3) is 0.190. The molecule has 1 aliphatic heterocycles. The molecule has 2 aromatic rings. The molecule has 3 rings (SSSR count). The van der Waals surface area contributed by atoms with E-state index in [1.54, 1.807) is 61.5 Å². The maximum atomic E-state index is 12.8. The van der Waals surface area contributed by atoms with Crippen molar-refractivity contribution in [3.63, 3.8) is 0 Å². The summed E-state index contributed by atoms with van der Waals surface area (Å²) >= 11 is 6.46. The molecule has 8 heteroatoms. The molecule has 150 valence electrons. The van der Waals surface area contributed by atoms with Crippen molar-refractivity contribution in [1.29, 1.82) is 0 Å². The zero-order valence-electron chi connectivity index (χ0n) is 15.9. The van der Waals surface area contributed by atoms with Gasteiger partial charge in [-0.2, -0.15) is 0 Å². The van der Waals surface area contributed by atoms with Crippen molar-refractivity contribution in [2.75, 3.05) is 11.9 Å². The lowest BCUT2D eigenvalue weighted by Crippen LogP contribution is -2.44. The molecule has 29 heavy (non-hydrogen) atoms. The van der Waals surface area contributed by atoms with Crippen molar-refractivity contribution in [3.05, 3.63) is 59.0 Å². The minimum atomic E-state index is -0.774. The highest BCUT2D eigenvalue weighted by molar-refractivity contribution is 8.26. The number of rotatable bonds is 6. The summed E-state index contributed by atoms with van der Waals surface area (Å²) in [6.45, 7) is 4.09. The molecule has 1 heterocycles. The van der Waals surface area contributed by atoms with E-state index in [9.17, 15) is 14.7 Å². The molecule has 0 aromatic heterocycles. The van der Waals surface area contributed by atoms with Gasteiger partial charge in [-0.25, -0.2) is 0 Å². The molecule has 0 bridgehead atoms. The second kappa shape index (κ2) is 9.11. The van der Waals surface area contributed by atoms with Gasteiger partial charge < -0.3 is 15.2 Å². The van der Waals surface area contributed by atoms with Gasteiger partial charge in [0.2, 0.25) is 5.91 Å². The van der Waals surface area contributed by atoms with Crippen LogP contribution < -0.4 is 10.1 Å². The monoisotopic (exact) mass is 428 g/mol. The summed E-state index contributed by atoms with van der Waals surface area (Å²) in [7, 11) is 0. The van der Waals surface area contributed by atoms with Gasteiger partial charge in [0.15, 0.2) is 0 Å². The molecule has 0 spiro atoms. The van der Waals surface area contributed by atoms with Gasteiger partial charge in [-0.05, 0) is 61.9 Å². The number of thioether (sulfide) groups is 1. The van der Waals surface area contributed by atoms with Crippen LogP contribution in [0.1, 0.15) is 19.4 Å². The third-order valence-corrected chi connectivity index (χ3v) is 5.52. The average molecular weight is 429 g/mol. The lowest BCUT2D eigenvalue weighted by atomic mass is 10.2. The number of carbonyl (C=O) groups is 2. The molecule has 0 saturated carbocycles. The lowest BCUT2D eigenvalue weighted by Gasteiger charge is -2.22. The summed E-state index contributed by atoms with van der Waals surface area (Å²) in [5.41, 5.74) is 1.28. The van der Waals surface area contributed by atoms with E-state index in [0.717, 1.165) is 11.8 Å². The largest absolute Gasteiger partial charge is 0.508 e. The quantitative estimate of drug-likeness (QED) is 0.535. The topological polar surface area (TPSA) is 78.9 Å². The molecule has 1 saturated heterocycles. The fourth-order valence-corrected chi connectivity index (χ4v) is 4.16. The molecule has 1 aliphatic rings. The Kier molecular flexibility index (Phi) is 6.56. The van der Waals surface area contributed by atoms with E-state index in [-0.39, 0.29) is 17.6 Å². The van der Waals surface area contributed by atoms with Gasteiger partial charge in [-0.15, -0.1) is 0 Å². The number of phenolic OH excluding ortho intramolecular Hbond substituents is 1. The summed E-state index contributed by atoms with van der Waals surface area (Å²) in [6, 6.07) is 12.8. The van der Waals surface area contributed by atoms with Crippen LogP contribution in [0.5, 0.6) is 11.5 Å². The number of hydrogen-bond donors (Lipinski definition) is 2. The number of ether oxygens (including phenoxy) is 1. The zero-order valence-corrected chi connectivity index (χ0v) is 17.5. The molecular weight excluding hydrogens is 408 g/mol. The number of nitrogens with one attached hydrogen (secondary N) is 1. The van der Waals surface area contributed by atoms with Crippen LogP contribution in [0.15, 0.2) is 53.4 Å². The highest BCUT2D eigenvalue weighted by Crippen LogP contribution is 2.34. The van der Waals surface area contributed by atoms with Gasteiger partial charge in [-0.3, -0.25) is 14.5 Å². The van der Waals surface area contributed by atoms with Gasteiger partial charge in [0.05, 0.1) is 11.5 Å². The van der Waals surface area contributed by atoms with E-state index in [4.69, 9.17) is 17.0 Å². The SMILES string of the molecule is CCOc1ccc(NC(=O)C(C)N2C(=O)C(=Cc3cccc(O)c3)SC2=S)cc1. The van der Waals surface area contributed by atoms with Crippen molar-refractivity contribution in [2.24, 2.45) is 0 Å². The van der Waals surface area contributed by atoms with Crippen molar-refractivity contribution < 1.29 is 19.4 Å². The van der Waals surface area contributed by atoms with Gasteiger partial charge in [0.1, 0.15) is 21.9 Å². The number of anilines is 1. The summed E-state index contributed by atoms with van der Waals surface area (Å²) in [5.74, 6) is 0.145. The van der Waals surface area contributed by atoms with Gasteiger partial charge in [-0.1, -0.05) is 36.1 Å². The first-order valence-corrected chi connectivity index (χ1v) is 10.2. The van der Waals surface area contributed by atoms with E-state index in [2.05, 4.69) is 5.32 Å². The Labute approximate surface area is 178 Å². The number of carbonyl (C=O) groups excluding carboxylic acids is 2. The molecule has 0 aliphatic carbocycles. The molecule has 2 amide bonds. The Bertz CT molecular complexity index is 973. The number of hydrogen-bond acceptors (Lipinski definition) is 6. The molecule has 1 atom stereocenters. The van der Waals surface area contributed by atoms with Crippen LogP contribution in [0.4, 0.5) is 5.69 Å². The molecular formula is C21H20N2O4S2. The molecule has 1 fully saturated rings. The standard InChI is InChI=1S/C21H20N2O4S2/c1-3-27-17-9-7-15(8-10-17)22-19(25)13(2)23-20(26)18(29-21(23)28)12-14-5-4-6-16(24)11-14/h4-13,24H,3H2,1-2H3,(H,22,25). The predicted octanol–water partition coefficient (Wildman–Crippen LogP) is 4.02. The minimum Gasteiger partial charge on any atom is -0.508 e. The maximum absolute atomic E-state index is 12.8. The number of amides is 2. The Morgan fingerprint density at radius 1 is 1.31 bits per heavy atom. The summed E-state index contributed by atoms with van der Waals surface area (Å²) in [5, 5.41) is 12.4. The lowest BCUT2D eigenvalue weighted by molar-refractivity contribution is -0.129. The Morgan fingerprint density at radius 3 is 2.69 bits per heavy atom. The first-order chi connectivity index (χ1) is 13.9. The highest BCUT2D eigenvalue weighted by Gasteiger charge is 2.38. The van der Waals surface area contributed by atoms with Crippen LogP contribution in [-0.4, -0.2) is 38.8 Å². The second-order valence-electron chi connectivity index (χ2n) is 6.27. The van der Waals surface area contributed by atoms with Crippen molar-refractivity contribution in [2.45, 2.75) is 19.9 Å². The zero-order chi connectivity index (χ0) is 21.0. The molecule has 6 nitrogen and oxygen atoms in total. The maximum Gasteiger partial charge on any atom is 0.266 e. The van der Waals surface area contributed by atoms with Crippen LogP contribution in [-0.2, 0) is 9.59 Å². The van der Waals surface area contributed by atoms with Crippen molar-refractivity contribution in [3.8, 4) is 11.5 Å². The second-order valence-corrected chi connectivity index (χ2v) is 7.95. The number of aromatic hydroxyl groups is 1. The smallest absolute Gasteiger partial charge is 0.266 e. The average Bonchev–Trinajstić information content (AvgIpc) is 2.96. The van der Waals surface area contributed by atoms with Gasteiger partial charge in [0, 0.05) is 5.69 Å². The third-order valence-electron chi connectivity index (χ3n) is 4.19. The van der Waals surface area contributed by atoms with Crippen LogP contribution in [0.2, 0.25) is 0 Å². The van der Waals surface area contributed by atoms with Gasteiger partial charge >= 0.3 is 0 Å². The number of nitrogens with zero attached hydrogens (tertiary/aromatic N) is 1. The summed E-state index contributed by atoms with van der Waals surface area (Å²) in [6.07, 6.45) is 1.65. The van der Waals surface area contributed by atoms with Crippen LogP contribution in [0.3, 0.4) is 0 Å². The van der Waals surface area contributed by atoms with E-state index in [1.807, 2.05) is 6.92 Å². The molecule has 2 aromatic carbocycles. The fourth-order valence-electron chi connectivity index (χ4n) is 2.74. The number of benzene rings is 2. The Hall–Kier alpha value is -2.84. The predicted molar refractivity (Wildman–Crippen MR) is 119 cm³/mol. The van der Waals surface area contributed by atoms with Crippen LogP contribution in [0, 0.1) is 0 Å². The Morgan fingerprint density at radius 2 is 2.03 bits per heavy atom. The summed E-state index contributed by atoms with van der Waals surface area (Å²) < 4.78 is 5.70. The van der Waals surface area contributed by atoms with Crippen molar-refractivity contribution >= 4 is 51.9 Å². The molecule has 2 N–H and O–H groups in total. The summed E-state index contributed by atoms with van der Waals surface area (Å²) in [4.78, 5) is 27.2. The molecule has 0 radical (unpaired) electrons. The van der Waals surface area contributed by atoms with E-state index >= 15 is 0 Å². The van der Waals surface area contributed by atoms with E-state index in [1.165, 1.54) is 4.90 Å².